The van der Waals surface area contributed by atoms with Crippen molar-refractivity contribution in [2.24, 2.45) is 5.73 Å². The molecule has 0 saturated carbocycles. The van der Waals surface area contributed by atoms with Crippen LogP contribution in [0.25, 0.3) is 27.8 Å². The van der Waals surface area contributed by atoms with Crippen LogP contribution in [0.2, 0.25) is 0 Å². The Morgan fingerprint density at radius 3 is 2.69 bits per heavy atom. The minimum atomic E-state index is -0.0182. The SMILES string of the molecule is C[C@@H](N)c1ccc2c(c1)ncn2-c1cccc(-c2ccccc2C#N)c1. The highest BCUT2D eigenvalue weighted by Gasteiger charge is 2.09. The minimum absolute atomic E-state index is 0.0182. The average Bonchev–Trinajstić information content (AvgIpc) is 3.11. The number of rotatable bonds is 3. The number of imidazole rings is 1. The fraction of sp³-hybridized carbons (Fsp3) is 0.0909. The molecule has 0 bridgehead atoms. The first kappa shape index (κ1) is 16.1. The molecule has 126 valence electrons. The van der Waals surface area contributed by atoms with Crippen LogP contribution in [0.5, 0.6) is 0 Å². The molecule has 1 aromatic heterocycles. The molecule has 0 fully saturated rings. The standard InChI is InChI=1S/C22H18N4/c1-15(24)16-9-10-22-21(12-16)25-14-26(22)19-7-4-6-17(11-19)20-8-3-2-5-18(20)13-23/h2-12,14-15H,24H2,1H3/t15-/m1/s1. The van der Waals surface area contributed by atoms with Crippen molar-refractivity contribution in [3.63, 3.8) is 0 Å². The van der Waals surface area contributed by atoms with Gasteiger partial charge in [0.05, 0.1) is 22.7 Å². The Hall–Kier alpha value is -3.42. The maximum Gasteiger partial charge on any atom is 0.100 e. The molecule has 3 aromatic carbocycles. The largest absolute Gasteiger partial charge is 0.324 e. The summed E-state index contributed by atoms with van der Waals surface area (Å²) in [5.41, 5.74) is 12.6. The number of aromatic nitrogens is 2. The summed E-state index contributed by atoms with van der Waals surface area (Å²) in [7, 11) is 0. The molecule has 0 unspecified atom stereocenters. The van der Waals surface area contributed by atoms with Gasteiger partial charge in [-0.15, -0.1) is 0 Å². The van der Waals surface area contributed by atoms with Crippen molar-refractivity contribution in [1.29, 1.82) is 5.26 Å². The third-order valence-electron chi connectivity index (χ3n) is 4.58. The van der Waals surface area contributed by atoms with Crippen molar-refractivity contribution in [1.82, 2.24) is 9.55 Å². The van der Waals surface area contributed by atoms with Gasteiger partial charge in [0.25, 0.3) is 0 Å². The zero-order valence-electron chi connectivity index (χ0n) is 14.4. The molecule has 0 aliphatic carbocycles. The molecule has 1 heterocycles. The Labute approximate surface area is 152 Å². The van der Waals surface area contributed by atoms with E-state index in [1.54, 1.807) is 0 Å². The lowest BCUT2D eigenvalue weighted by Gasteiger charge is -2.10. The summed E-state index contributed by atoms with van der Waals surface area (Å²) >= 11 is 0. The predicted octanol–water partition coefficient (Wildman–Crippen LogP) is 4.58. The Balaban J connectivity index is 1.83. The fourth-order valence-corrected chi connectivity index (χ4v) is 3.17. The molecule has 0 aliphatic rings. The molecule has 4 aromatic rings. The topological polar surface area (TPSA) is 67.6 Å². The van der Waals surface area contributed by atoms with E-state index in [9.17, 15) is 5.26 Å². The Bertz CT molecular complexity index is 1130. The summed E-state index contributed by atoms with van der Waals surface area (Å²) in [6.45, 7) is 1.97. The summed E-state index contributed by atoms with van der Waals surface area (Å²) in [4.78, 5) is 4.53. The zero-order chi connectivity index (χ0) is 18.1. The normalized spacial score (nSPS) is 12.0. The van der Waals surface area contributed by atoms with Gasteiger partial charge in [-0.25, -0.2) is 4.98 Å². The zero-order valence-corrected chi connectivity index (χ0v) is 14.4. The van der Waals surface area contributed by atoms with Gasteiger partial charge in [-0.2, -0.15) is 5.26 Å². The summed E-state index contributed by atoms with van der Waals surface area (Å²) < 4.78 is 2.05. The van der Waals surface area contributed by atoms with Gasteiger partial charge in [0.15, 0.2) is 0 Å². The molecule has 0 saturated heterocycles. The molecular formula is C22H18N4. The highest BCUT2D eigenvalue weighted by Crippen LogP contribution is 2.27. The van der Waals surface area contributed by atoms with Gasteiger partial charge in [-0.05, 0) is 53.9 Å². The van der Waals surface area contributed by atoms with Gasteiger partial charge in [0, 0.05) is 11.7 Å². The number of hydrogen-bond donors (Lipinski definition) is 1. The van der Waals surface area contributed by atoms with Gasteiger partial charge in [0.1, 0.15) is 6.33 Å². The maximum atomic E-state index is 9.37. The van der Waals surface area contributed by atoms with Crippen LogP contribution in [0.3, 0.4) is 0 Å². The predicted molar refractivity (Wildman–Crippen MR) is 104 cm³/mol. The van der Waals surface area contributed by atoms with E-state index >= 15 is 0 Å². The molecule has 4 heteroatoms. The number of hydrogen-bond acceptors (Lipinski definition) is 3. The second-order valence-corrected chi connectivity index (χ2v) is 6.36. The lowest BCUT2D eigenvalue weighted by Crippen LogP contribution is -2.04. The first-order valence-electron chi connectivity index (χ1n) is 8.50. The molecular weight excluding hydrogens is 320 g/mol. The van der Waals surface area contributed by atoms with Crippen LogP contribution in [-0.4, -0.2) is 9.55 Å². The average molecular weight is 338 g/mol. The van der Waals surface area contributed by atoms with E-state index < -0.39 is 0 Å². The molecule has 1 atom stereocenters. The maximum absolute atomic E-state index is 9.37. The molecule has 2 N–H and O–H groups in total. The van der Waals surface area contributed by atoms with Crippen molar-refractivity contribution in [3.8, 4) is 22.9 Å². The van der Waals surface area contributed by atoms with E-state index in [0.717, 1.165) is 33.4 Å². The van der Waals surface area contributed by atoms with Gasteiger partial charge >= 0.3 is 0 Å². The van der Waals surface area contributed by atoms with Crippen molar-refractivity contribution in [3.05, 3.63) is 84.2 Å². The molecule has 0 amide bonds. The number of fused-ring (bicyclic) bond motifs is 1. The van der Waals surface area contributed by atoms with Crippen LogP contribution in [-0.2, 0) is 0 Å². The second-order valence-electron chi connectivity index (χ2n) is 6.36. The Kier molecular flexibility index (Phi) is 4.00. The quantitative estimate of drug-likeness (QED) is 0.594. The van der Waals surface area contributed by atoms with Gasteiger partial charge in [-0.1, -0.05) is 36.4 Å². The molecule has 4 nitrogen and oxygen atoms in total. The van der Waals surface area contributed by atoms with Crippen molar-refractivity contribution >= 4 is 11.0 Å². The van der Waals surface area contributed by atoms with Crippen LogP contribution in [0, 0.1) is 11.3 Å². The van der Waals surface area contributed by atoms with Crippen LogP contribution in [0.15, 0.2) is 73.1 Å². The number of nitriles is 1. The molecule has 4 rings (SSSR count). The molecule has 0 radical (unpaired) electrons. The number of nitrogens with two attached hydrogens (primary N) is 1. The Morgan fingerprint density at radius 2 is 1.88 bits per heavy atom. The summed E-state index contributed by atoms with van der Waals surface area (Å²) in [5, 5.41) is 9.37. The van der Waals surface area contributed by atoms with E-state index in [1.165, 1.54) is 0 Å². The van der Waals surface area contributed by atoms with Crippen molar-refractivity contribution in [2.45, 2.75) is 13.0 Å². The highest BCUT2D eigenvalue weighted by atomic mass is 15.0. The van der Waals surface area contributed by atoms with Gasteiger partial charge < -0.3 is 5.73 Å². The lowest BCUT2D eigenvalue weighted by atomic mass is 10.00. The van der Waals surface area contributed by atoms with E-state index in [4.69, 9.17) is 5.73 Å². The van der Waals surface area contributed by atoms with Crippen LogP contribution in [0.4, 0.5) is 0 Å². The number of nitrogens with zero attached hydrogens (tertiary/aromatic N) is 3. The third kappa shape index (κ3) is 2.75. The van der Waals surface area contributed by atoms with Crippen molar-refractivity contribution < 1.29 is 0 Å². The van der Waals surface area contributed by atoms with Crippen LogP contribution < -0.4 is 5.73 Å². The monoisotopic (exact) mass is 338 g/mol. The van der Waals surface area contributed by atoms with Gasteiger partial charge in [-0.3, -0.25) is 4.57 Å². The smallest absolute Gasteiger partial charge is 0.100 e. The summed E-state index contributed by atoms with van der Waals surface area (Å²) in [6.07, 6.45) is 1.82. The fourth-order valence-electron chi connectivity index (χ4n) is 3.17. The Morgan fingerprint density at radius 1 is 1.04 bits per heavy atom. The highest BCUT2D eigenvalue weighted by molar-refractivity contribution is 5.79. The molecule has 0 aliphatic heterocycles. The van der Waals surface area contributed by atoms with Gasteiger partial charge in [0.2, 0.25) is 0 Å². The second kappa shape index (κ2) is 6.47. The van der Waals surface area contributed by atoms with Crippen LogP contribution in [0.1, 0.15) is 24.1 Å². The van der Waals surface area contributed by atoms with E-state index in [2.05, 4.69) is 27.8 Å². The lowest BCUT2D eigenvalue weighted by molar-refractivity contribution is 0.819. The summed E-state index contributed by atoms with van der Waals surface area (Å²) in [6, 6.07) is 24.2. The van der Waals surface area contributed by atoms with E-state index in [0.29, 0.717) is 5.56 Å². The first-order chi connectivity index (χ1) is 12.7. The van der Waals surface area contributed by atoms with Crippen molar-refractivity contribution in [2.75, 3.05) is 0 Å². The molecule has 0 spiro atoms. The minimum Gasteiger partial charge on any atom is -0.324 e. The molecule has 26 heavy (non-hydrogen) atoms. The van der Waals surface area contributed by atoms with E-state index in [-0.39, 0.29) is 6.04 Å². The summed E-state index contributed by atoms with van der Waals surface area (Å²) in [5.74, 6) is 0. The first-order valence-corrected chi connectivity index (χ1v) is 8.50. The third-order valence-corrected chi connectivity index (χ3v) is 4.58. The van der Waals surface area contributed by atoms with E-state index in [1.807, 2.05) is 67.8 Å². The van der Waals surface area contributed by atoms with Crippen LogP contribution >= 0.6 is 0 Å². The number of benzene rings is 3.